The zero-order valence-corrected chi connectivity index (χ0v) is 7.15. The fourth-order valence-corrected chi connectivity index (χ4v) is 0.382. The van der Waals surface area contributed by atoms with E-state index >= 15 is 0 Å². The van der Waals surface area contributed by atoms with Crippen LogP contribution in [0.2, 0.25) is 0 Å². The minimum Gasteiger partial charge on any atom is -0.481 e. The minimum absolute atomic E-state index is 0.258. The van der Waals surface area contributed by atoms with Gasteiger partial charge in [-0.25, -0.2) is 0 Å². The predicted octanol–water partition coefficient (Wildman–Crippen LogP) is 0.180. The molecule has 0 aliphatic carbocycles. The molecular formula is C7H14O5. The quantitative estimate of drug-likeness (QED) is 0.573. The maximum atomic E-state index is 10.0. The first-order chi connectivity index (χ1) is 5.45. The average molecular weight is 178 g/mol. The third kappa shape index (κ3) is 11.7. The summed E-state index contributed by atoms with van der Waals surface area (Å²) in [6.45, 7) is 2.56. The van der Waals surface area contributed by atoms with E-state index in [0.717, 1.165) is 6.92 Å². The highest BCUT2D eigenvalue weighted by molar-refractivity contribution is 5.69. The summed E-state index contributed by atoms with van der Waals surface area (Å²) in [5.74, 6) is -2.33. The molecule has 0 aromatic rings. The molecule has 5 nitrogen and oxygen atoms in total. The molecule has 0 saturated heterocycles. The average Bonchev–Trinajstić information content (AvgIpc) is 1.87. The maximum Gasteiger partial charge on any atom is 0.308 e. The van der Waals surface area contributed by atoms with Crippen LogP contribution in [0.5, 0.6) is 0 Å². The molecule has 0 rings (SSSR count). The van der Waals surface area contributed by atoms with Gasteiger partial charge < -0.3 is 15.3 Å². The monoisotopic (exact) mass is 178 g/mol. The Hall–Kier alpha value is -1.10. The smallest absolute Gasteiger partial charge is 0.308 e. The number of aliphatic carboxylic acids is 2. The molecule has 0 fully saturated rings. The highest BCUT2D eigenvalue weighted by Gasteiger charge is 2.11. The van der Waals surface area contributed by atoms with Gasteiger partial charge >= 0.3 is 5.97 Å². The van der Waals surface area contributed by atoms with Gasteiger partial charge in [0.2, 0.25) is 0 Å². The largest absolute Gasteiger partial charge is 0.481 e. The van der Waals surface area contributed by atoms with Crippen molar-refractivity contribution in [2.75, 3.05) is 6.61 Å². The Bertz CT molecular complexity index is 135. The summed E-state index contributed by atoms with van der Waals surface area (Å²) in [5.41, 5.74) is 0. The third-order valence-electron chi connectivity index (χ3n) is 1.06. The van der Waals surface area contributed by atoms with Crippen LogP contribution in [-0.2, 0) is 9.59 Å². The van der Waals surface area contributed by atoms with Crippen molar-refractivity contribution in [3.8, 4) is 0 Å². The van der Waals surface area contributed by atoms with Crippen LogP contribution in [-0.4, -0.2) is 33.9 Å². The number of rotatable bonds is 3. The van der Waals surface area contributed by atoms with E-state index in [4.69, 9.17) is 20.1 Å². The lowest BCUT2D eigenvalue weighted by molar-refractivity contribution is -0.143. The Balaban J connectivity index is 0. The van der Waals surface area contributed by atoms with E-state index in [9.17, 15) is 4.79 Å². The van der Waals surface area contributed by atoms with Crippen molar-refractivity contribution < 1.29 is 24.9 Å². The van der Waals surface area contributed by atoms with Crippen molar-refractivity contribution in [1.82, 2.24) is 0 Å². The molecule has 72 valence electrons. The van der Waals surface area contributed by atoms with Gasteiger partial charge in [0.25, 0.3) is 5.97 Å². The van der Waals surface area contributed by atoms with E-state index in [2.05, 4.69) is 0 Å². The van der Waals surface area contributed by atoms with E-state index in [-0.39, 0.29) is 6.61 Å². The molecule has 0 amide bonds. The molecule has 1 unspecified atom stereocenters. The Kier molecular flexibility index (Phi) is 8.99. The zero-order valence-electron chi connectivity index (χ0n) is 7.15. The van der Waals surface area contributed by atoms with Gasteiger partial charge in [-0.05, 0) is 6.42 Å². The Labute approximate surface area is 70.6 Å². The van der Waals surface area contributed by atoms with E-state index in [1.165, 1.54) is 0 Å². The summed E-state index contributed by atoms with van der Waals surface area (Å²) in [7, 11) is 0. The summed E-state index contributed by atoms with van der Waals surface area (Å²) < 4.78 is 0. The van der Waals surface area contributed by atoms with Crippen LogP contribution in [0.1, 0.15) is 20.3 Å². The van der Waals surface area contributed by atoms with Crippen LogP contribution in [0.25, 0.3) is 0 Å². The topological polar surface area (TPSA) is 94.8 Å². The molecule has 0 aromatic carbocycles. The minimum atomic E-state index is -0.921. The SMILES string of the molecule is CC(=O)O.CCC(CO)C(=O)O. The number of carbonyl (C=O) groups is 2. The highest BCUT2D eigenvalue weighted by Crippen LogP contribution is 1.98. The van der Waals surface area contributed by atoms with Gasteiger partial charge in [-0.3, -0.25) is 9.59 Å². The van der Waals surface area contributed by atoms with E-state index in [0.29, 0.717) is 6.42 Å². The summed E-state index contributed by atoms with van der Waals surface area (Å²) in [6.07, 6.45) is 0.492. The lowest BCUT2D eigenvalue weighted by Gasteiger charge is -2.01. The summed E-state index contributed by atoms with van der Waals surface area (Å²) in [5, 5.41) is 23.9. The van der Waals surface area contributed by atoms with Crippen LogP contribution in [0.4, 0.5) is 0 Å². The normalized spacial score (nSPS) is 10.9. The van der Waals surface area contributed by atoms with Crippen molar-refractivity contribution in [3.05, 3.63) is 0 Å². The molecule has 0 aliphatic rings. The molecule has 0 radical (unpaired) electrons. The standard InChI is InChI=1S/C5H10O3.C2H4O2/c1-2-4(3-6)5(7)8;1-2(3)4/h4,6H,2-3H2,1H3,(H,7,8);1H3,(H,3,4). The van der Waals surface area contributed by atoms with Gasteiger partial charge in [0.15, 0.2) is 0 Å². The number of hydrogen-bond acceptors (Lipinski definition) is 3. The molecule has 5 heteroatoms. The maximum absolute atomic E-state index is 10.0. The first kappa shape index (κ1) is 13.5. The van der Waals surface area contributed by atoms with Crippen LogP contribution in [0.15, 0.2) is 0 Å². The van der Waals surface area contributed by atoms with Crippen molar-refractivity contribution in [3.63, 3.8) is 0 Å². The molecule has 0 spiro atoms. The molecule has 3 N–H and O–H groups in total. The number of carboxylic acid groups (broad SMARTS) is 2. The summed E-state index contributed by atoms with van der Waals surface area (Å²) in [6, 6.07) is 0. The summed E-state index contributed by atoms with van der Waals surface area (Å²) >= 11 is 0. The predicted molar refractivity (Wildman–Crippen MR) is 41.8 cm³/mol. The van der Waals surface area contributed by atoms with Crippen molar-refractivity contribution in [2.45, 2.75) is 20.3 Å². The van der Waals surface area contributed by atoms with Gasteiger partial charge in [0.1, 0.15) is 0 Å². The number of hydrogen-bond donors (Lipinski definition) is 3. The second-order valence-electron chi connectivity index (χ2n) is 2.15. The number of aliphatic hydroxyl groups is 1. The Morgan fingerprint density at radius 2 is 1.67 bits per heavy atom. The molecule has 0 aromatic heterocycles. The van der Waals surface area contributed by atoms with Gasteiger partial charge in [-0.15, -0.1) is 0 Å². The number of aliphatic hydroxyl groups excluding tert-OH is 1. The van der Waals surface area contributed by atoms with Gasteiger partial charge in [-0.2, -0.15) is 0 Å². The van der Waals surface area contributed by atoms with Crippen LogP contribution in [0, 0.1) is 5.92 Å². The van der Waals surface area contributed by atoms with Gasteiger partial charge in [0, 0.05) is 6.92 Å². The van der Waals surface area contributed by atoms with Crippen LogP contribution >= 0.6 is 0 Å². The molecule has 0 heterocycles. The summed E-state index contributed by atoms with van der Waals surface area (Å²) in [4.78, 5) is 19.0. The molecular weight excluding hydrogens is 164 g/mol. The fourth-order valence-electron chi connectivity index (χ4n) is 0.382. The Morgan fingerprint density at radius 1 is 1.33 bits per heavy atom. The van der Waals surface area contributed by atoms with Crippen molar-refractivity contribution in [1.29, 1.82) is 0 Å². The van der Waals surface area contributed by atoms with Gasteiger partial charge in [-0.1, -0.05) is 6.92 Å². The van der Waals surface area contributed by atoms with Gasteiger partial charge in [0.05, 0.1) is 12.5 Å². The molecule has 1 atom stereocenters. The highest BCUT2D eigenvalue weighted by atomic mass is 16.4. The van der Waals surface area contributed by atoms with E-state index in [1.54, 1.807) is 6.92 Å². The zero-order chi connectivity index (χ0) is 10.1. The number of carboxylic acids is 2. The Morgan fingerprint density at radius 3 is 1.67 bits per heavy atom. The van der Waals surface area contributed by atoms with Crippen LogP contribution in [0.3, 0.4) is 0 Å². The molecule has 0 bridgehead atoms. The van der Waals surface area contributed by atoms with Crippen LogP contribution < -0.4 is 0 Å². The fraction of sp³-hybridized carbons (Fsp3) is 0.714. The second-order valence-corrected chi connectivity index (χ2v) is 2.15. The second kappa shape index (κ2) is 8.00. The van der Waals surface area contributed by atoms with Crippen molar-refractivity contribution >= 4 is 11.9 Å². The molecule has 0 saturated carbocycles. The van der Waals surface area contributed by atoms with Crippen molar-refractivity contribution in [2.24, 2.45) is 5.92 Å². The first-order valence-corrected chi connectivity index (χ1v) is 3.48. The van der Waals surface area contributed by atoms with E-state index in [1.807, 2.05) is 0 Å². The first-order valence-electron chi connectivity index (χ1n) is 3.48. The lowest BCUT2D eigenvalue weighted by Crippen LogP contribution is -2.16. The molecule has 12 heavy (non-hydrogen) atoms. The molecule has 0 aliphatic heterocycles. The van der Waals surface area contributed by atoms with E-state index < -0.39 is 17.9 Å². The lowest BCUT2D eigenvalue weighted by atomic mass is 10.1. The third-order valence-corrected chi connectivity index (χ3v) is 1.06.